The van der Waals surface area contributed by atoms with E-state index in [1.54, 1.807) is 24.1 Å². The average Bonchev–Trinajstić information content (AvgIpc) is 2.88. The lowest BCUT2D eigenvalue weighted by molar-refractivity contribution is -0.117. The van der Waals surface area contributed by atoms with Crippen LogP contribution in [0.15, 0.2) is 47.6 Å². The Labute approximate surface area is 150 Å². The molecule has 0 saturated carbocycles. The molecule has 0 atom stereocenters. The third-order valence-electron chi connectivity index (χ3n) is 4.45. The molecule has 1 aliphatic rings. The van der Waals surface area contributed by atoms with Crippen LogP contribution in [0.5, 0.6) is 0 Å². The molecule has 1 amide bonds. The molecular weight excluding hydrogens is 352 g/mol. The van der Waals surface area contributed by atoms with E-state index >= 15 is 0 Å². The Bertz CT molecular complexity index is 1160. The van der Waals surface area contributed by atoms with Crippen molar-refractivity contribution < 1.29 is 13.2 Å². The van der Waals surface area contributed by atoms with Crippen LogP contribution in [0.1, 0.15) is 5.56 Å². The molecule has 0 saturated heterocycles. The Balaban J connectivity index is 1.76. The fraction of sp³-hybridized carbons (Fsp3) is 0.167. The number of hydrogen-bond donors (Lipinski definition) is 1. The molecule has 7 nitrogen and oxygen atoms in total. The number of rotatable bonds is 3. The van der Waals surface area contributed by atoms with Gasteiger partial charge in [0, 0.05) is 30.1 Å². The van der Waals surface area contributed by atoms with Crippen molar-refractivity contribution in [1.29, 1.82) is 0 Å². The van der Waals surface area contributed by atoms with Crippen molar-refractivity contribution in [2.24, 2.45) is 0 Å². The summed E-state index contributed by atoms with van der Waals surface area (Å²) < 4.78 is 23.7. The van der Waals surface area contributed by atoms with Crippen molar-refractivity contribution in [2.75, 3.05) is 23.5 Å². The summed E-state index contributed by atoms with van der Waals surface area (Å²) in [7, 11) is -1.57. The maximum atomic E-state index is 11.8. The first kappa shape index (κ1) is 16.5. The number of nitrogens with one attached hydrogen (secondary N) is 1. The van der Waals surface area contributed by atoms with E-state index in [1.807, 2.05) is 18.2 Å². The van der Waals surface area contributed by atoms with E-state index in [0.717, 1.165) is 16.9 Å². The Morgan fingerprint density at radius 1 is 1.12 bits per heavy atom. The van der Waals surface area contributed by atoms with Crippen LogP contribution >= 0.6 is 0 Å². The Morgan fingerprint density at radius 3 is 2.69 bits per heavy atom. The third kappa shape index (κ3) is 2.78. The van der Waals surface area contributed by atoms with Gasteiger partial charge in [-0.2, -0.15) is 0 Å². The number of sulfone groups is 1. The molecule has 2 heterocycles. The summed E-state index contributed by atoms with van der Waals surface area (Å²) >= 11 is 0. The second-order valence-corrected chi connectivity index (χ2v) is 8.29. The van der Waals surface area contributed by atoms with Crippen molar-refractivity contribution >= 4 is 43.8 Å². The van der Waals surface area contributed by atoms with Gasteiger partial charge in [0.25, 0.3) is 0 Å². The highest BCUT2D eigenvalue weighted by molar-refractivity contribution is 7.90. The van der Waals surface area contributed by atoms with E-state index < -0.39 is 9.84 Å². The van der Waals surface area contributed by atoms with Gasteiger partial charge in [0.15, 0.2) is 9.84 Å². The first-order valence-corrected chi connectivity index (χ1v) is 9.83. The van der Waals surface area contributed by atoms with Gasteiger partial charge in [-0.25, -0.2) is 18.4 Å². The van der Waals surface area contributed by atoms with E-state index in [4.69, 9.17) is 0 Å². The SMILES string of the molecule is CN1C(=O)Cc2cc(Nc3ncnc4ccc(S(C)(=O)=O)cc34)ccc21. The first-order valence-electron chi connectivity index (χ1n) is 7.94. The zero-order chi connectivity index (χ0) is 18.5. The quantitative estimate of drug-likeness (QED) is 0.763. The van der Waals surface area contributed by atoms with Gasteiger partial charge in [-0.15, -0.1) is 0 Å². The molecule has 132 valence electrons. The van der Waals surface area contributed by atoms with Crippen LogP contribution in [0.2, 0.25) is 0 Å². The number of likely N-dealkylation sites (N-methyl/N-ethyl adjacent to an activating group) is 1. The maximum Gasteiger partial charge on any atom is 0.231 e. The summed E-state index contributed by atoms with van der Waals surface area (Å²) in [4.78, 5) is 22.1. The van der Waals surface area contributed by atoms with Crippen molar-refractivity contribution in [3.63, 3.8) is 0 Å². The molecule has 2 aromatic carbocycles. The molecule has 0 radical (unpaired) electrons. The predicted molar refractivity (Wildman–Crippen MR) is 99.5 cm³/mol. The number of amides is 1. The molecule has 1 aromatic heterocycles. The van der Waals surface area contributed by atoms with E-state index in [2.05, 4.69) is 15.3 Å². The fourth-order valence-electron chi connectivity index (χ4n) is 3.05. The largest absolute Gasteiger partial charge is 0.340 e. The van der Waals surface area contributed by atoms with Gasteiger partial charge < -0.3 is 10.2 Å². The summed E-state index contributed by atoms with van der Waals surface area (Å²) in [5.41, 5.74) is 3.26. The van der Waals surface area contributed by atoms with Crippen LogP contribution in [0.3, 0.4) is 0 Å². The molecule has 1 N–H and O–H groups in total. The number of carbonyl (C=O) groups is 1. The minimum absolute atomic E-state index is 0.0578. The second kappa shape index (κ2) is 5.77. The smallest absolute Gasteiger partial charge is 0.231 e. The molecular formula is C18H16N4O3S. The molecule has 3 aromatic rings. The van der Waals surface area contributed by atoms with Crippen LogP contribution in [0, 0.1) is 0 Å². The number of benzene rings is 2. The van der Waals surface area contributed by atoms with Crippen LogP contribution in [0.4, 0.5) is 17.2 Å². The molecule has 0 bridgehead atoms. The predicted octanol–water partition coefficient (Wildman–Crippen LogP) is 2.30. The molecule has 0 spiro atoms. The molecule has 8 heteroatoms. The second-order valence-electron chi connectivity index (χ2n) is 6.27. The Hall–Kier alpha value is -3.00. The maximum absolute atomic E-state index is 11.8. The molecule has 1 aliphatic heterocycles. The van der Waals surface area contributed by atoms with Crippen LogP contribution in [-0.4, -0.2) is 37.6 Å². The lowest BCUT2D eigenvalue weighted by Crippen LogP contribution is -2.20. The van der Waals surface area contributed by atoms with Gasteiger partial charge in [-0.05, 0) is 42.0 Å². The average molecular weight is 368 g/mol. The van der Waals surface area contributed by atoms with Gasteiger partial charge in [-0.1, -0.05) is 0 Å². The van der Waals surface area contributed by atoms with Crippen LogP contribution < -0.4 is 10.2 Å². The van der Waals surface area contributed by atoms with Gasteiger partial charge in [-0.3, -0.25) is 4.79 Å². The summed E-state index contributed by atoms with van der Waals surface area (Å²) in [6, 6.07) is 10.4. The first-order chi connectivity index (χ1) is 12.3. The van der Waals surface area contributed by atoms with Crippen LogP contribution in [0.25, 0.3) is 10.9 Å². The van der Waals surface area contributed by atoms with E-state index in [0.29, 0.717) is 23.1 Å². The minimum Gasteiger partial charge on any atom is -0.340 e. The molecule has 0 aliphatic carbocycles. The highest BCUT2D eigenvalue weighted by Gasteiger charge is 2.24. The third-order valence-corrected chi connectivity index (χ3v) is 5.56. The zero-order valence-electron chi connectivity index (χ0n) is 14.2. The highest BCUT2D eigenvalue weighted by Crippen LogP contribution is 2.32. The van der Waals surface area contributed by atoms with Gasteiger partial charge in [0.1, 0.15) is 12.1 Å². The molecule has 26 heavy (non-hydrogen) atoms. The van der Waals surface area contributed by atoms with Crippen molar-refractivity contribution in [2.45, 2.75) is 11.3 Å². The van der Waals surface area contributed by atoms with Gasteiger partial charge >= 0.3 is 0 Å². The number of fused-ring (bicyclic) bond motifs is 2. The van der Waals surface area contributed by atoms with E-state index in [1.165, 1.54) is 18.6 Å². The number of anilines is 3. The summed E-state index contributed by atoms with van der Waals surface area (Å²) in [6.45, 7) is 0. The number of carbonyl (C=O) groups excluding carboxylic acids is 1. The fourth-order valence-corrected chi connectivity index (χ4v) is 3.70. The topological polar surface area (TPSA) is 92.3 Å². The highest BCUT2D eigenvalue weighted by atomic mass is 32.2. The van der Waals surface area contributed by atoms with Gasteiger partial charge in [0.2, 0.25) is 5.91 Å². The van der Waals surface area contributed by atoms with Gasteiger partial charge in [0.05, 0.1) is 16.8 Å². The zero-order valence-corrected chi connectivity index (χ0v) is 15.0. The normalized spacial score (nSPS) is 13.9. The molecule has 0 fully saturated rings. The summed E-state index contributed by atoms with van der Waals surface area (Å²) in [6.07, 6.45) is 2.96. The van der Waals surface area contributed by atoms with Crippen molar-refractivity contribution in [3.8, 4) is 0 Å². The monoisotopic (exact) mass is 368 g/mol. The Kier molecular flexibility index (Phi) is 3.66. The molecule has 0 unspecified atom stereocenters. The minimum atomic E-state index is -3.33. The summed E-state index contributed by atoms with van der Waals surface area (Å²) in [5, 5.41) is 3.82. The van der Waals surface area contributed by atoms with E-state index in [-0.39, 0.29) is 10.8 Å². The van der Waals surface area contributed by atoms with Crippen molar-refractivity contribution in [1.82, 2.24) is 9.97 Å². The van der Waals surface area contributed by atoms with Crippen LogP contribution in [-0.2, 0) is 21.1 Å². The standard InChI is InChI=1S/C18H16N4O3S/c1-22-16-6-3-12(7-11(16)8-17(22)23)21-18-14-9-13(26(2,24)25)4-5-15(14)19-10-20-18/h3-7,9-10H,8H2,1-2H3,(H,19,20,21). The number of nitrogens with zero attached hydrogens (tertiary/aromatic N) is 3. The number of aromatic nitrogens is 2. The lowest BCUT2D eigenvalue weighted by Gasteiger charge is -2.12. The number of hydrogen-bond acceptors (Lipinski definition) is 6. The van der Waals surface area contributed by atoms with Crippen molar-refractivity contribution in [3.05, 3.63) is 48.3 Å². The molecule has 4 rings (SSSR count). The Morgan fingerprint density at radius 2 is 1.92 bits per heavy atom. The summed E-state index contributed by atoms with van der Waals surface area (Å²) in [5.74, 6) is 0.570. The lowest BCUT2D eigenvalue weighted by atomic mass is 10.1. The van der Waals surface area contributed by atoms with E-state index in [9.17, 15) is 13.2 Å².